The van der Waals surface area contributed by atoms with Crippen LogP contribution in [0.25, 0.3) is 0 Å². The molecule has 1 heterocycles. The first-order valence-electron chi connectivity index (χ1n) is 6.42. The number of carboxylic acid groups (broad SMARTS) is 1. The van der Waals surface area contributed by atoms with Crippen molar-refractivity contribution in [1.29, 1.82) is 0 Å². The summed E-state index contributed by atoms with van der Waals surface area (Å²) in [4.78, 5) is 19.4. The summed E-state index contributed by atoms with van der Waals surface area (Å²) < 4.78 is 0. The molecule has 0 aromatic carbocycles. The van der Waals surface area contributed by atoms with Crippen molar-refractivity contribution in [2.45, 2.75) is 51.0 Å². The maximum atomic E-state index is 10.9. The van der Waals surface area contributed by atoms with Gasteiger partial charge in [0.05, 0.1) is 0 Å². The number of hydrogen-bond donors (Lipinski definition) is 2. The second-order valence-corrected chi connectivity index (χ2v) is 4.94. The summed E-state index contributed by atoms with van der Waals surface area (Å²) in [7, 11) is 0. The lowest BCUT2D eigenvalue weighted by molar-refractivity contribution is -0.138. The van der Waals surface area contributed by atoms with Crippen LogP contribution in [0.2, 0.25) is 0 Å². The smallest absolute Gasteiger partial charge is 0.328 e. The molecule has 1 atom stereocenters. The van der Waals surface area contributed by atoms with Gasteiger partial charge < -0.3 is 10.8 Å². The zero-order valence-electron chi connectivity index (χ0n) is 10.6. The molecule has 1 aromatic rings. The van der Waals surface area contributed by atoms with Crippen LogP contribution in [0.4, 0.5) is 0 Å². The fourth-order valence-corrected chi connectivity index (χ4v) is 2.47. The van der Waals surface area contributed by atoms with E-state index in [1.165, 1.54) is 19.3 Å². The van der Waals surface area contributed by atoms with Gasteiger partial charge in [-0.25, -0.2) is 9.97 Å². The summed E-state index contributed by atoms with van der Waals surface area (Å²) >= 11 is 0. The standard InChI is InChI=1S/C13H19N3O2/c1-8-7-10(9-5-3-2-4-6-9)16-12(15-8)11(14)13(17)18/h7,9,11H,2-6,14H2,1H3,(H,17,18). The summed E-state index contributed by atoms with van der Waals surface area (Å²) in [6, 6.07) is 0.820. The number of nitrogens with two attached hydrogens (primary N) is 1. The molecule has 18 heavy (non-hydrogen) atoms. The van der Waals surface area contributed by atoms with E-state index in [-0.39, 0.29) is 5.82 Å². The molecule has 3 N–H and O–H groups in total. The van der Waals surface area contributed by atoms with Crippen LogP contribution in [-0.2, 0) is 4.79 Å². The molecule has 1 aromatic heterocycles. The summed E-state index contributed by atoms with van der Waals surface area (Å²) in [5, 5.41) is 8.92. The molecule has 1 saturated carbocycles. The molecule has 5 nitrogen and oxygen atoms in total. The van der Waals surface area contributed by atoms with Gasteiger partial charge in [0.1, 0.15) is 0 Å². The molecule has 1 aliphatic carbocycles. The van der Waals surface area contributed by atoms with Crippen LogP contribution in [0.3, 0.4) is 0 Å². The molecule has 1 aliphatic rings. The Morgan fingerprint density at radius 1 is 1.39 bits per heavy atom. The lowest BCUT2D eigenvalue weighted by Crippen LogP contribution is -2.24. The molecular weight excluding hydrogens is 230 g/mol. The van der Waals surface area contributed by atoms with Crippen molar-refractivity contribution < 1.29 is 9.90 Å². The minimum Gasteiger partial charge on any atom is -0.480 e. The molecular formula is C13H19N3O2. The third kappa shape index (κ3) is 2.85. The maximum Gasteiger partial charge on any atom is 0.328 e. The third-order valence-corrected chi connectivity index (χ3v) is 3.46. The van der Waals surface area contributed by atoms with E-state index in [0.717, 1.165) is 24.2 Å². The molecule has 1 fully saturated rings. The highest BCUT2D eigenvalue weighted by molar-refractivity contribution is 5.73. The third-order valence-electron chi connectivity index (χ3n) is 3.46. The molecule has 5 heteroatoms. The van der Waals surface area contributed by atoms with Crippen molar-refractivity contribution in [3.63, 3.8) is 0 Å². The van der Waals surface area contributed by atoms with Gasteiger partial charge >= 0.3 is 5.97 Å². The van der Waals surface area contributed by atoms with Gasteiger partial charge in [0.15, 0.2) is 11.9 Å². The van der Waals surface area contributed by atoms with Crippen LogP contribution in [0.1, 0.15) is 61.3 Å². The molecule has 0 spiro atoms. The number of aromatic nitrogens is 2. The predicted octanol–water partition coefficient (Wildman–Crippen LogP) is 1.92. The number of aryl methyl sites for hydroxylation is 1. The Morgan fingerprint density at radius 3 is 2.67 bits per heavy atom. The second-order valence-electron chi connectivity index (χ2n) is 4.94. The Morgan fingerprint density at radius 2 is 2.06 bits per heavy atom. The number of nitrogens with zero attached hydrogens (tertiary/aromatic N) is 2. The van der Waals surface area contributed by atoms with E-state index in [1.54, 1.807) is 0 Å². The minimum absolute atomic E-state index is 0.225. The second kappa shape index (κ2) is 5.44. The van der Waals surface area contributed by atoms with E-state index in [4.69, 9.17) is 10.8 Å². The van der Waals surface area contributed by atoms with Crippen molar-refractivity contribution >= 4 is 5.97 Å². The highest BCUT2D eigenvalue weighted by atomic mass is 16.4. The lowest BCUT2D eigenvalue weighted by Gasteiger charge is -2.22. The predicted molar refractivity (Wildman–Crippen MR) is 67.2 cm³/mol. The zero-order valence-corrected chi connectivity index (χ0v) is 10.6. The molecule has 2 rings (SSSR count). The first-order valence-corrected chi connectivity index (χ1v) is 6.42. The van der Waals surface area contributed by atoms with Crippen molar-refractivity contribution in [2.24, 2.45) is 5.73 Å². The van der Waals surface area contributed by atoms with Gasteiger partial charge in [0, 0.05) is 17.3 Å². The molecule has 0 amide bonds. The van der Waals surface area contributed by atoms with Crippen molar-refractivity contribution in [3.8, 4) is 0 Å². The molecule has 98 valence electrons. The Labute approximate surface area is 106 Å². The fourth-order valence-electron chi connectivity index (χ4n) is 2.47. The van der Waals surface area contributed by atoms with E-state index in [2.05, 4.69) is 9.97 Å². The lowest BCUT2D eigenvalue weighted by atomic mass is 9.86. The van der Waals surface area contributed by atoms with Crippen LogP contribution >= 0.6 is 0 Å². The van der Waals surface area contributed by atoms with Crippen LogP contribution in [-0.4, -0.2) is 21.0 Å². The Hall–Kier alpha value is -1.49. The van der Waals surface area contributed by atoms with Crippen LogP contribution < -0.4 is 5.73 Å². The fraction of sp³-hybridized carbons (Fsp3) is 0.615. The Balaban J connectivity index is 2.28. The molecule has 0 bridgehead atoms. The van der Waals surface area contributed by atoms with E-state index in [9.17, 15) is 4.79 Å². The minimum atomic E-state index is -1.13. The van der Waals surface area contributed by atoms with Gasteiger partial charge in [0.25, 0.3) is 0 Å². The summed E-state index contributed by atoms with van der Waals surface area (Å²) in [5.41, 5.74) is 7.32. The monoisotopic (exact) mass is 249 g/mol. The quantitative estimate of drug-likeness (QED) is 0.854. The average Bonchev–Trinajstić information content (AvgIpc) is 2.38. The molecule has 0 saturated heterocycles. The topological polar surface area (TPSA) is 89.1 Å². The van der Waals surface area contributed by atoms with E-state index < -0.39 is 12.0 Å². The van der Waals surface area contributed by atoms with Gasteiger partial charge in [-0.05, 0) is 25.8 Å². The highest BCUT2D eigenvalue weighted by Crippen LogP contribution is 2.31. The normalized spacial score (nSPS) is 18.6. The number of hydrogen-bond acceptors (Lipinski definition) is 4. The maximum absolute atomic E-state index is 10.9. The first kappa shape index (κ1) is 13.0. The Bertz CT molecular complexity index is 442. The van der Waals surface area contributed by atoms with Gasteiger partial charge in [-0.3, -0.25) is 4.79 Å². The molecule has 0 radical (unpaired) electrons. The van der Waals surface area contributed by atoms with E-state index in [0.29, 0.717) is 5.92 Å². The largest absolute Gasteiger partial charge is 0.480 e. The SMILES string of the molecule is Cc1cc(C2CCCCC2)nc(C(N)C(=O)O)n1. The van der Waals surface area contributed by atoms with E-state index in [1.807, 2.05) is 13.0 Å². The number of rotatable bonds is 3. The number of aliphatic carboxylic acids is 1. The van der Waals surface area contributed by atoms with Gasteiger partial charge in [0.2, 0.25) is 0 Å². The molecule has 1 unspecified atom stereocenters. The highest BCUT2D eigenvalue weighted by Gasteiger charge is 2.22. The van der Waals surface area contributed by atoms with Gasteiger partial charge in [-0.2, -0.15) is 0 Å². The number of carboxylic acids is 1. The Kier molecular flexibility index (Phi) is 3.91. The van der Waals surface area contributed by atoms with Gasteiger partial charge in [-0.15, -0.1) is 0 Å². The van der Waals surface area contributed by atoms with Crippen molar-refractivity contribution in [3.05, 3.63) is 23.3 Å². The molecule has 0 aliphatic heterocycles. The van der Waals surface area contributed by atoms with Crippen LogP contribution in [0.5, 0.6) is 0 Å². The van der Waals surface area contributed by atoms with Gasteiger partial charge in [-0.1, -0.05) is 19.3 Å². The van der Waals surface area contributed by atoms with Crippen molar-refractivity contribution in [1.82, 2.24) is 9.97 Å². The van der Waals surface area contributed by atoms with Crippen molar-refractivity contribution in [2.75, 3.05) is 0 Å². The number of carbonyl (C=O) groups is 1. The first-order chi connectivity index (χ1) is 8.58. The summed E-state index contributed by atoms with van der Waals surface area (Å²) in [6.07, 6.45) is 5.96. The van der Waals surface area contributed by atoms with Crippen LogP contribution in [0, 0.1) is 6.92 Å². The summed E-state index contributed by atoms with van der Waals surface area (Å²) in [6.45, 7) is 1.85. The zero-order chi connectivity index (χ0) is 13.1. The average molecular weight is 249 g/mol. The van der Waals surface area contributed by atoms with E-state index >= 15 is 0 Å². The van der Waals surface area contributed by atoms with Crippen LogP contribution in [0.15, 0.2) is 6.07 Å². The summed E-state index contributed by atoms with van der Waals surface area (Å²) in [5.74, 6) is -0.432.